The molecule has 0 aliphatic heterocycles. The van der Waals surface area contributed by atoms with Crippen molar-refractivity contribution in [3.05, 3.63) is 92.7 Å². The second kappa shape index (κ2) is 8.30. The third-order valence-corrected chi connectivity index (χ3v) is 6.03. The van der Waals surface area contributed by atoms with Crippen molar-refractivity contribution < 1.29 is 19.2 Å². The van der Waals surface area contributed by atoms with E-state index in [0.29, 0.717) is 13.1 Å². The molecule has 0 saturated heterocycles. The normalized spacial score (nSPS) is 16.0. The summed E-state index contributed by atoms with van der Waals surface area (Å²) < 4.78 is 0. The fourth-order valence-corrected chi connectivity index (χ4v) is 4.27. The van der Waals surface area contributed by atoms with Crippen molar-refractivity contribution in [2.75, 3.05) is 34.2 Å². The number of carbonyl (C=O) groups excluding carboxylic acids is 4. The molecule has 32 heavy (non-hydrogen) atoms. The molecule has 162 valence electrons. The minimum absolute atomic E-state index is 0.0734. The van der Waals surface area contributed by atoms with Crippen LogP contribution >= 0.6 is 11.6 Å². The van der Waals surface area contributed by atoms with Gasteiger partial charge in [-0.2, -0.15) is 0 Å². The van der Waals surface area contributed by atoms with Crippen molar-refractivity contribution in [1.29, 1.82) is 0 Å². The number of nitrogens with zero attached hydrogens (tertiary/aromatic N) is 2. The third-order valence-electron chi connectivity index (χ3n) is 5.67. The van der Waals surface area contributed by atoms with Crippen LogP contribution in [0.1, 0.15) is 41.4 Å². The van der Waals surface area contributed by atoms with Crippen LogP contribution in [0.25, 0.3) is 0 Å². The summed E-state index contributed by atoms with van der Waals surface area (Å²) in [6.07, 6.45) is 0. The number of fused-ring (bicyclic) bond motifs is 2. The van der Waals surface area contributed by atoms with Gasteiger partial charge in [-0.15, -0.1) is 0 Å². The van der Waals surface area contributed by atoms with Crippen molar-refractivity contribution in [3.63, 3.8) is 0 Å². The molecular weight excluding hydrogens is 428 g/mol. The maximum Gasteiger partial charge on any atom is 0.210 e. The van der Waals surface area contributed by atoms with Crippen LogP contribution < -0.4 is 0 Å². The molecule has 0 radical (unpaired) electrons. The maximum atomic E-state index is 13.6. The van der Waals surface area contributed by atoms with Gasteiger partial charge in [0.25, 0.3) is 0 Å². The third kappa shape index (κ3) is 3.42. The van der Waals surface area contributed by atoms with Crippen LogP contribution in [0.3, 0.4) is 0 Å². The molecule has 4 rings (SSSR count). The quantitative estimate of drug-likeness (QED) is 0.698. The molecule has 0 heterocycles. The molecule has 2 aromatic rings. The lowest BCUT2D eigenvalue weighted by molar-refractivity contribution is 0.0935. The summed E-state index contributed by atoms with van der Waals surface area (Å²) in [6.45, 7) is 1.04. The zero-order chi connectivity index (χ0) is 23.2. The van der Waals surface area contributed by atoms with E-state index < -0.39 is 17.3 Å². The van der Waals surface area contributed by atoms with E-state index in [4.69, 9.17) is 11.6 Å². The van der Waals surface area contributed by atoms with Crippen molar-refractivity contribution in [3.8, 4) is 0 Å². The molecule has 0 aromatic heterocycles. The van der Waals surface area contributed by atoms with Crippen molar-refractivity contribution >= 4 is 34.7 Å². The smallest absolute Gasteiger partial charge is 0.210 e. The van der Waals surface area contributed by atoms with E-state index in [0.717, 1.165) is 0 Å². The number of allylic oxidation sites excluding steroid dienone is 4. The van der Waals surface area contributed by atoms with E-state index in [2.05, 4.69) is 0 Å². The minimum atomic E-state index is -0.543. The number of ketones is 4. The fourth-order valence-electron chi connectivity index (χ4n) is 3.99. The van der Waals surface area contributed by atoms with Crippen LogP contribution in [-0.2, 0) is 0 Å². The summed E-state index contributed by atoms with van der Waals surface area (Å²) >= 11 is 6.41. The van der Waals surface area contributed by atoms with Gasteiger partial charge in [-0.3, -0.25) is 19.2 Å². The summed E-state index contributed by atoms with van der Waals surface area (Å²) in [6, 6.07) is 12.8. The Labute approximate surface area is 190 Å². The highest BCUT2D eigenvalue weighted by Crippen LogP contribution is 2.38. The number of Topliss-reactive ketones (excluding diaryl/α,β-unsaturated/α-hetero) is 4. The van der Waals surface area contributed by atoms with E-state index in [1.807, 2.05) is 19.0 Å². The van der Waals surface area contributed by atoms with Crippen LogP contribution in [0.4, 0.5) is 0 Å². The lowest BCUT2D eigenvalue weighted by Crippen LogP contribution is -2.37. The molecule has 0 amide bonds. The predicted octanol–water partition coefficient (Wildman–Crippen LogP) is 3.39. The zero-order valence-electron chi connectivity index (χ0n) is 17.9. The van der Waals surface area contributed by atoms with Gasteiger partial charge >= 0.3 is 0 Å². The van der Waals surface area contributed by atoms with Gasteiger partial charge in [-0.1, -0.05) is 60.1 Å². The molecule has 0 bridgehead atoms. The van der Waals surface area contributed by atoms with Crippen LogP contribution in [0.15, 0.2) is 70.4 Å². The van der Waals surface area contributed by atoms with E-state index in [1.165, 1.54) is 12.1 Å². The van der Waals surface area contributed by atoms with Gasteiger partial charge in [0.2, 0.25) is 11.6 Å². The Hall–Kier alpha value is -3.35. The maximum absolute atomic E-state index is 13.6. The first-order chi connectivity index (χ1) is 15.2. The first kappa shape index (κ1) is 21.9. The number of benzene rings is 2. The lowest BCUT2D eigenvalue weighted by atomic mass is 9.78. The Bertz CT molecular complexity index is 1260. The second-order valence-electron chi connectivity index (χ2n) is 8.05. The number of rotatable bonds is 5. The van der Waals surface area contributed by atoms with E-state index in [9.17, 15) is 19.2 Å². The number of likely N-dealkylation sites (N-methyl/N-ethyl adjacent to an activating group) is 2. The van der Waals surface area contributed by atoms with Crippen LogP contribution in [0.2, 0.25) is 0 Å². The minimum Gasteiger partial charge on any atom is -0.370 e. The Morgan fingerprint density at radius 3 is 1.56 bits per heavy atom. The Balaban J connectivity index is 1.97. The lowest BCUT2D eigenvalue weighted by Gasteiger charge is -2.31. The molecule has 0 fully saturated rings. The summed E-state index contributed by atoms with van der Waals surface area (Å²) in [4.78, 5) is 57.1. The van der Waals surface area contributed by atoms with E-state index in [-0.39, 0.29) is 49.9 Å². The van der Waals surface area contributed by atoms with Crippen molar-refractivity contribution in [1.82, 2.24) is 9.80 Å². The molecule has 0 saturated carbocycles. The average Bonchev–Trinajstić information content (AvgIpc) is 2.79. The highest BCUT2D eigenvalue weighted by molar-refractivity contribution is 6.52. The number of hydrogen-bond acceptors (Lipinski definition) is 6. The molecule has 0 spiro atoms. The van der Waals surface area contributed by atoms with Gasteiger partial charge in [-0.25, -0.2) is 0 Å². The summed E-state index contributed by atoms with van der Waals surface area (Å²) in [7, 11) is 5.48. The second-order valence-corrected chi connectivity index (χ2v) is 8.42. The summed E-state index contributed by atoms with van der Waals surface area (Å²) in [5.74, 6) is -1.97. The molecule has 0 atom stereocenters. The molecule has 6 nitrogen and oxygen atoms in total. The number of halogens is 1. The zero-order valence-corrected chi connectivity index (χ0v) is 18.7. The monoisotopic (exact) mass is 448 g/mol. The largest absolute Gasteiger partial charge is 0.370 e. The summed E-state index contributed by atoms with van der Waals surface area (Å²) in [5.41, 5.74) is 0.545. The first-order valence-corrected chi connectivity index (χ1v) is 10.5. The van der Waals surface area contributed by atoms with Crippen molar-refractivity contribution in [2.24, 2.45) is 0 Å². The highest BCUT2D eigenvalue weighted by atomic mass is 35.5. The summed E-state index contributed by atoms with van der Waals surface area (Å²) in [5, 5.41) is -0.345. The predicted molar refractivity (Wildman–Crippen MR) is 121 cm³/mol. The van der Waals surface area contributed by atoms with Gasteiger partial charge in [0.05, 0.1) is 16.8 Å². The molecule has 2 aliphatic rings. The van der Waals surface area contributed by atoms with Gasteiger partial charge in [-0.05, 0) is 14.1 Å². The molecule has 0 unspecified atom stereocenters. The number of hydrogen-bond donors (Lipinski definition) is 0. The molecular formula is C25H21ClN2O4. The van der Waals surface area contributed by atoms with Crippen LogP contribution in [-0.4, -0.2) is 67.2 Å². The fraction of sp³-hybridized carbons (Fsp3) is 0.200. The van der Waals surface area contributed by atoms with Gasteiger partial charge in [0.15, 0.2) is 11.6 Å². The molecule has 7 heteroatoms. The number of carbonyl (C=O) groups is 4. The van der Waals surface area contributed by atoms with Crippen LogP contribution in [0, 0.1) is 0 Å². The SMILES string of the molecule is CN(C)CCN(C)C1=C(C2=C(Cl)C(=O)c3ccccc3C2=O)C(=O)c2ccccc2C1=O. The highest BCUT2D eigenvalue weighted by Gasteiger charge is 2.42. The molecule has 0 N–H and O–H groups in total. The Morgan fingerprint density at radius 1 is 0.625 bits per heavy atom. The standard InChI is InChI=1S/C25H21ClN2O4/c1-27(2)12-13-28(3)21-19(23(30)15-9-5-7-11-17(15)25(21)32)18-20(26)24(31)16-10-6-4-8-14(16)22(18)29/h4-11H,12-13H2,1-3H3. The Kier molecular flexibility index (Phi) is 5.67. The Morgan fingerprint density at radius 2 is 1.06 bits per heavy atom. The van der Waals surface area contributed by atoms with Crippen molar-refractivity contribution in [2.45, 2.75) is 0 Å². The molecule has 2 aliphatic carbocycles. The topological polar surface area (TPSA) is 74.8 Å². The molecule has 2 aromatic carbocycles. The van der Waals surface area contributed by atoms with Crippen LogP contribution in [0.5, 0.6) is 0 Å². The van der Waals surface area contributed by atoms with E-state index >= 15 is 0 Å². The van der Waals surface area contributed by atoms with Gasteiger partial charge < -0.3 is 9.80 Å². The first-order valence-electron chi connectivity index (χ1n) is 10.1. The van der Waals surface area contributed by atoms with Gasteiger partial charge in [0.1, 0.15) is 5.03 Å². The average molecular weight is 449 g/mol. The van der Waals surface area contributed by atoms with E-state index in [1.54, 1.807) is 48.3 Å². The van der Waals surface area contributed by atoms with Gasteiger partial charge in [0, 0.05) is 42.4 Å².